The molecule has 0 unspecified atom stereocenters. The third kappa shape index (κ3) is 6.72. The van der Waals surface area contributed by atoms with Gasteiger partial charge in [0.05, 0.1) is 17.2 Å². The summed E-state index contributed by atoms with van der Waals surface area (Å²) >= 11 is 0. The van der Waals surface area contributed by atoms with Crippen molar-refractivity contribution < 1.29 is 13.2 Å². The first-order valence-electron chi connectivity index (χ1n) is 10.2. The number of hydrogen-bond acceptors (Lipinski definition) is 3. The molecule has 1 fully saturated rings. The summed E-state index contributed by atoms with van der Waals surface area (Å²) in [7, 11) is 1.71. The fraction of sp³-hybridized carbons (Fsp3) is 0.391. The molecule has 8 heteroatoms. The van der Waals surface area contributed by atoms with Crippen LogP contribution in [0, 0.1) is 11.3 Å². The lowest BCUT2D eigenvalue weighted by Gasteiger charge is -2.33. The summed E-state index contributed by atoms with van der Waals surface area (Å²) in [5.41, 5.74) is 1.70. The molecular weight excluding hydrogens is 403 g/mol. The average Bonchev–Trinajstić information content (AvgIpc) is 2.77. The first-order valence-corrected chi connectivity index (χ1v) is 10.2. The van der Waals surface area contributed by atoms with E-state index in [0.29, 0.717) is 30.2 Å². The molecule has 1 heterocycles. The number of guanidine groups is 1. The van der Waals surface area contributed by atoms with Crippen LogP contribution in [0.2, 0.25) is 0 Å². The van der Waals surface area contributed by atoms with Crippen molar-refractivity contribution >= 4 is 5.96 Å². The predicted octanol–water partition coefficient (Wildman–Crippen LogP) is 3.91. The SMILES string of the molecule is CN=C(NCc1cccc(C#N)c1)NC1CCN(Cc2cccc(C(F)(F)F)c2)CC1. The molecule has 0 saturated carbocycles. The summed E-state index contributed by atoms with van der Waals surface area (Å²) in [6.45, 7) is 2.67. The van der Waals surface area contributed by atoms with E-state index in [1.807, 2.05) is 18.2 Å². The van der Waals surface area contributed by atoms with Crippen LogP contribution in [0.25, 0.3) is 0 Å². The van der Waals surface area contributed by atoms with Gasteiger partial charge in [-0.15, -0.1) is 0 Å². The summed E-state index contributed by atoms with van der Waals surface area (Å²) in [6, 6.07) is 15.3. The molecule has 5 nitrogen and oxygen atoms in total. The van der Waals surface area contributed by atoms with Gasteiger partial charge in [0.15, 0.2) is 5.96 Å². The molecular formula is C23H26F3N5. The Morgan fingerprint density at radius 2 is 1.84 bits per heavy atom. The van der Waals surface area contributed by atoms with Gasteiger partial charge in [-0.2, -0.15) is 18.4 Å². The van der Waals surface area contributed by atoms with E-state index in [1.54, 1.807) is 19.2 Å². The molecule has 0 amide bonds. The molecule has 2 N–H and O–H groups in total. The van der Waals surface area contributed by atoms with E-state index in [9.17, 15) is 13.2 Å². The van der Waals surface area contributed by atoms with Crippen LogP contribution in [-0.4, -0.2) is 37.0 Å². The van der Waals surface area contributed by atoms with Crippen LogP contribution in [0.3, 0.4) is 0 Å². The molecule has 2 aromatic carbocycles. The van der Waals surface area contributed by atoms with Crippen molar-refractivity contribution in [1.82, 2.24) is 15.5 Å². The second-order valence-electron chi connectivity index (χ2n) is 7.63. The summed E-state index contributed by atoms with van der Waals surface area (Å²) < 4.78 is 38.7. The number of piperidine rings is 1. The molecule has 0 bridgehead atoms. The smallest absolute Gasteiger partial charge is 0.354 e. The zero-order valence-corrected chi connectivity index (χ0v) is 17.4. The van der Waals surface area contributed by atoms with Crippen LogP contribution in [0.5, 0.6) is 0 Å². The zero-order chi connectivity index (χ0) is 22.3. The molecule has 164 valence electrons. The van der Waals surface area contributed by atoms with Gasteiger partial charge in [0, 0.05) is 39.3 Å². The fourth-order valence-corrected chi connectivity index (χ4v) is 3.66. The first-order chi connectivity index (χ1) is 14.9. The standard InChI is InChI=1S/C23H26F3N5/c1-28-22(29-15-18-5-2-4-17(12-18)14-27)30-21-8-10-31(11-9-21)16-19-6-3-7-20(13-19)23(24,25)26/h2-7,12-13,21H,8-11,15-16H2,1H3,(H2,28,29,30). The largest absolute Gasteiger partial charge is 0.416 e. The minimum absolute atomic E-state index is 0.245. The molecule has 2 aromatic rings. The molecule has 0 aromatic heterocycles. The maximum Gasteiger partial charge on any atom is 0.416 e. The number of likely N-dealkylation sites (tertiary alicyclic amines) is 1. The normalized spacial score (nSPS) is 16.0. The molecule has 0 radical (unpaired) electrons. The monoisotopic (exact) mass is 429 g/mol. The number of nitriles is 1. The van der Waals surface area contributed by atoms with Gasteiger partial charge in [0.2, 0.25) is 0 Å². The van der Waals surface area contributed by atoms with E-state index in [-0.39, 0.29) is 6.04 Å². The molecule has 31 heavy (non-hydrogen) atoms. The van der Waals surface area contributed by atoms with Crippen molar-refractivity contribution in [3.8, 4) is 6.07 Å². The third-order valence-electron chi connectivity index (χ3n) is 5.33. The summed E-state index contributed by atoms with van der Waals surface area (Å²) in [6.07, 6.45) is -2.56. The lowest BCUT2D eigenvalue weighted by atomic mass is 10.0. The van der Waals surface area contributed by atoms with E-state index in [1.165, 1.54) is 12.1 Å². The Hall–Kier alpha value is -3.05. The average molecular weight is 429 g/mol. The van der Waals surface area contributed by atoms with E-state index in [4.69, 9.17) is 5.26 Å². The molecule has 0 aliphatic carbocycles. The number of nitrogens with one attached hydrogen (secondary N) is 2. The van der Waals surface area contributed by atoms with E-state index >= 15 is 0 Å². The molecule has 3 rings (SSSR count). The van der Waals surface area contributed by atoms with Crippen LogP contribution in [-0.2, 0) is 19.3 Å². The Morgan fingerprint density at radius 3 is 2.52 bits per heavy atom. The lowest BCUT2D eigenvalue weighted by Crippen LogP contribution is -2.48. The Balaban J connectivity index is 1.46. The summed E-state index contributed by atoms with van der Waals surface area (Å²) in [4.78, 5) is 6.45. The highest BCUT2D eigenvalue weighted by Gasteiger charge is 2.30. The Morgan fingerprint density at radius 1 is 1.13 bits per heavy atom. The van der Waals surface area contributed by atoms with Crippen molar-refractivity contribution in [2.24, 2.45) is 4.99 Å². The van der Waals surface area contributed by atoms with Crippen LogP contribution >= 0.6 is 0 Å². The van der Waals surface area contributed by atoms with Gasteiger partial charge in [-0.3, -0.25) is 9.89 Å². The van der Waals surface area contributed by atoms with Crippen molar-refractivity contribution in [1.29, 1.82) is 5.26 Å². The van der Waals surface area contributed by atoms with Gasteiger partial charge in [0.1, 0.15) is 0 Å². The highest BCUT2D eigenvalue weighted by Crippen LogP contribution is 2.30. The third-order valence-corrected chi connectivity index (χ3v) is 5.33. The van der Waals surface area contributed by atoms with Gasteiger partial charge in [-0.25, -0.2) is 0 Å². The second kappa shape index (κ2) is 10.3. The van der Waals surface area contributed by atoms with Gasteiger partial charge in [-0.05, 0) is 42.2 Å². The highest BCUT2D eigenvalue weighted by molar-refractivity contribution is 5.79. The second-order valence-corrected chi connectivity index (χ2v) is 7.63. The van der Waals surface area contributed by atoms with Gasteiger partial charge >= 0.3 is 6.18 Å². The van der Waals surface area contributed by atoms with Gasteiger partial charge < -0.3 is 10.6 Å². The van der Waals surface area contributed by atoms with Crippen molar-refractivity contribution in [2.45, 2.75) is 38.1 Å². The highest BCUT2D eigenvalue weighted by atomic mass is 19.4. The fourth-order valence-electron chi connectivity index (χ4n) is 3.66. The Labute approximate surface area is 180 Å². The topological polar surface area (TPSA) is 63.5 Å². The van der Waals surface area contributed by atoms with E-state index in [2.05, 4.69) is 26.6 Å². The molecule has 1 aliphatic heterocycles. The number of rotatable bonds is 5. The number of benzene rings is 2. The number of hydrogen-bond donors (Lipinski definition) is 2. The van der Waals surface area contributed by atoms with Crippen molar-refractivity contribution in [3.05, 3.63) is 70.8 Å². The summed E-state index contributed by atoms with van der Waals surface area (Å²) in [5.74, 6) is 0.693. The maximum absolute atomic E-state index is 12.9. The Kier molecular flexibility index (Phi) is 7.53. The minimum Gasteiger partial charge on any atom is -0.354 e. The maximum atomic E-state index is 12.9. The van der Waals surface area contributed by atoms with Gasteiger partial charge in [-0.1, -0.05) is 30.3 Å². The quantitative estimate of drug-likeness (QED) is 0.559. The Bertz CT molecular complexity index is 941. The predicted molar refractivity (Wildman–Crippen MR) is 114 cm³/mol. The van der Waals surface area contributed by atoms with Crippen LogP contribution in [0.15, 0.2) is 53.5 Å². The van der Waals surface area contributed by atoms with Crippen molar-refractivity contribution in [2.75, 3.05) is 20.1 Å². The molecule has 1 aliphatic rings. The summed E-state index contributed by atoms with van der Waals surface area (Å²) in [5, 5.41) is 15.7. The molecule has 0 spiro atoms. The van der Waals surface area contributed by atoms with E-state index < -0.39 is 11.7 Å². The van der Waals surface area contributed by atoms with Crippen molar-refractivity contribution in [3.63, 3.8) is 0 Å². The van der Waals surface area contributed by atoms with E-state index in [0.717, 1.165) is 37.6 Å². The minimum atomic E-state index is -4.31. The number of halogens is 3. The van der Waals surface area contributed by atoms with Crippen LogP contribution in [0.4, 0.5) is 13.2 Å². The lowest BCUT2D eigenvalue weighted by molar-refractivity contribution is -0.137. The number of alkyl halides is 3. The number of aliphatic imine (C=N–C) groups is 1. The zero-order valence-electron chi connectivity index (χ0n) is 17.4. The first kappa shape index (κ1) is 22.6. The van der Waals surface area contributed by atoms with Crippen LogP contribution in [0.1, 0.15) is 35.1 Å². The molecule has 0 atom stereocenters. The van der Waals surface area contributed by atoms with Gasteiger partial charge in [0.25, 0.3) is 0 Å². The number of nitrogens with zero attached hydrogens (tertiary/aromatic N) is 3. The van der Waals surface area contributed by atoms with Crippen LogP contribution < -0.4 is 10.6 Å². The molecule has 1 saturated heterocycles.